The number of nitrogens with zero attached hydrogens (tertiary/aromatic N) is 2. The van der Waals surface area contributed by atoms with Crippen LogP contribution in [0.3, 0.4) is 0 Å². The van der Waals surface area contributed by atoms with Gasteiger partial charge in [0.15, 0.2) is 0 Å². The maximum absolute atomic E-state index is 10.3. The molecular formula is C22H17ClN2O2. The van der Waals surface area contributed by atoms with E-state index < -0.39 is 0 Å². The number of aromatic hydroxyl groups is 1. The van der Waals surface area contributed by atoms with Gasteiger partial charge in [-0.3, -0.25) is 9.98 Å². The molecular weight excluding hydrogens is 360 g/mol. The maximum atomic E-state index is 10.3. The summed E-state index contributed by atoms with van der Waals surface area (Å²) in [5.41, 5.74) is 3.80. The largest absolute Gasteiger partial charge is 0.507 e. The number of ether oxygens (including phenoxy) is 1. The van der Waals surface area contributed by atoms with Gasteiger partial charge in [-0.25, -0.2) is 0 Å². The summed E-state index contributed by atoms with van der Waals surface area (Å²) in [6, 6.07) is 22.2. The smallest absolute Gasteiger partial charge is 0.138 e. The summed E-state index contributed by atoms with van der Waals surface area (Å²) in [4.78, 5) is 9.50. The fraction of sp³-hybridized carbons (Fsp3) is 0.0909. The van der Waals surface area contributed by atoms with Crippen molar-refractivity contribution >= 4 is 34.4 Å². The van der Waals surface area contributed by atoms with Crippen molar-refractivity contribution < 1.29 is 9.84 Å². The molecule has 27 heavy (non-hydrogen) atoms. The van der Waals surface area contributed by atoms with Crippen molar-refractivity contribution in [2.75, 3.05) is 6.61 Å². The topological polar surface area (TPSA) is 54.2 Å². The van der Waals surface area contributed by atoms with Crippen LogP contribution in [-0.4, -0.2) is 23.1 Å². The monoisotopic (exact) mass is 376 g/mol. The van der Waals surface area contributed by atoms with Crippen molar-refractivity contribution in [2.24, 2.45) is 9.98 Å². The molecule has 5 heteroatoms. The van der Waals surface area contributed by atoms with Crippen LogP contribution in [0.5, 0.6) is 11.5 Å². The predicted molar refractivity (Wildman–Crippen MR) is 109 cm³/mol. The zero-order chi connectivity index (χ0) is 18.6. The van der Waals surface area contributed by atoms with Crippen LogP contribution in [0.1, 0.15) is 12.0 Å². The molecule has 4 rings (SSSR count). The molecule has 1 heterocycles. The molecule has 0 spiro atoms. The Morgan fingerprint density at radius 3 is 2.30 bits per heavy atom. The molecule has 4 nitrogen and oxygen atoms in total. The Kier molecular flexibility index (Phi) is 4.90. The standard InChI is InChI=1S/C22H17ClN2O2/c23-17-8-2-6-12-22(17)27-14-15-13-20(16-7-1-5-11-21(16)26)25-19-10-4-3-9-18(19)24-15/h1-12,26H,13-14H2. The molecule has 1 N–H and O–H groups in total. The van der Waals surface area contributed by atoms with Crippen LogP contribution < -0.4 is 4.74 Å². The van der Waals surface area contributed by atoms with Gasteiger partial charge in [0.25, 0.3) is 0 Å². The minimum absolute atomic E-state index is 0.196. The van der Waals surface area contributed by atoms with Crippen LogP contribution in [0.15, 0.2) is 82.8 Å². The third kappa shape index (κ3) is 3.86. The lowest BCUT2D eigenvalue weighted by Gasteiger charge is -2.11. The van der Waals surface area contributed by atoms with Crippen molar-refractivity contribution in [1.29, 1.82) is 0 Å². The highest BCUT2D eigenvalue weighted by Crippen LogP contribution is 2.33. The van der Waals surface area contributed by atoms with Crippen molar-refractivity contribution in [3.63, 3.8) is 0 Å². The van der Waals surface area contributed by atoms with Gasteiger partial charge in [-0.05, 0) is 36.4 Å². The summed E-state index contributed by atoms with van der Waals surface area (Å²) in [6.45, 7) is 0.282. The Morgan fingerprint density at radius 1 is 0.852 bits per heavy atom. The molecule has 3 aromatic carbocycles. The quantitative estimate of drug-likeness (QED) is 0.632. The van der Waals surface area contributed by atoms with Gasteiger partial charge in [0, 0.05) is 12.0 Å². The van der Waals surface area contributed by atoms with Crippen LogP contribution in [0.25, 0.3) is 0 Å². The van der Waals surface area contributed by atoms with Crippen LogP contribution in [0.2, 0.25) is 5.02 Å². The molecule has 0 fully saturated rings. The third-order valence-corrected chi connectivity index (χ3v) is 4.55. The number of hydrogen-bond donors (Lipinski definition) is 1. The predicted octanol–water partition coefficient (Wildman–Crippen LogP) is 5.72. The third-order valence-electron chi connectivity index (χ3n) is 4.23. The molecule has 0 saturated carbocycles. The van der Waals surface area contributed by atoms with Gasteiger partial charge >= 0.3 is 0 Å². The van der Waals surface area contributed by atoms with E-state index in [1.807, 2.05) is 54.6 Å². The van der Waals surface area contributed by atoms with Gasteiger partial charge in [0.2, 0.25) is 0 Å². The molecule has 0 amide bonds. The van der Waals surface area contributed by atoms with Crippen LogP contribution in [-0.2, 0) is 0 Å². The van der Waals surface area contributed by atoms with Crippen molar-refractivity contribution in [3.8, 4) is 11.5 Å². The molecule has 0 radical (unpaired) electrons. The van der Waals surface area contributed by atoms with Gasteiger partial charge in [-0.15, -0.1) is 0 Å². The SMILES string of the molecule is Oc1ccccc1C1=Nc2ccccc2N=C(COc2ccccc2Cl)C1. The Hall–Kier alpha value is -3.11. The molecule has 3 aromatic rings. The maximum Gasteiger partial charge on any atom is 0.138 e. The van der Waals surface area contributed by atoms with E-state index in [0.29, 0.717) is 22.8 Å². The highest BCUT2D eigenvalue weighted by atomic mass is 35.5. The molecule has 1 aliphatic heterocycles. The van der Waals surface area contributed by atoms with Gasteiger partial charge in [0.05, 0.1) is 27.8 Å². The average Bonchev–Trinajstić information content (AvgIpc) is 2.87. The Balaban J connectivity index is 1.68. The van der Waals surface area contributed by atoms with E-state index in [1.165, 1.54) is 0 Å². The van der Waals surface area contributed by atoms with Crippen LogP contribution in [0, 0.1) is 0 Å². The molecule has 0 aliphatic carbocycles. The summed E-state index contributed by atoms with van der Waals surface area (Å²) in [6.07, 6.45) is 0.469. The Morgan fingerprint density at radius 2 is 1.52 bits per heavy atom. The lowest BCUT2D eigenvalue weighted by atomic mass is 10.0. The van der Waals surface area contributed by atoms with Gasteiger partial charge in [-0.2, -0.15) is 0 Å². The number of hydrogen-bond acceptors (Lipinski definition) is 4. The first kappa shape index (κ1) is 17.3. The second-order valence-electron chi connectivity index (χ2n) is 6.14. The number of phenols is 1. The normalized spacial score (nSPS) is 13.2. The Bertz CT molecular complexity index is 1040. The lowest BCUT2D eigenvalue weighted by molar-refractivity contribution is 0.375. The minimum atomic E-state index is 0.196. The zero-order valence-electron chi connectivity index (χ0n) is 14.5. The Labute approximate surface area is 162 Å². The first-order chi connectivity index (χ1) is 13.2. The van der Waals surface area contributed by atoms with E-state index in [9.17, 15) is 5.11 Å². The molecule has 0 aromatic heterocycles. The van der Waals surface area contributed by atoms with Crippen molar-refractivity contribution in [2.45, 2.75) is 6.42 Å². The second-order valence-corrected chi connectivity index (χ2v) is 6.55. The number of benzene rings is 3. The van der Waals surface area contributed by atoms with Crippen molar-refractivity contribution in [3.05, 3.63) is 83.4 Å². The minimum Gasteiger partial charge on any atom is -0.507 e. The summed E-state index contributed by atoms with van der Waals surface area (Å²) in [5.74, 6) is 0.808. The zero-order valence-corrected chi connectivity index (χ0v) is 15.2. The summed E-state index contributed by atoms with van der Waals surface area (Å²) in [7, 11) is 0. The van der Waals surface area contributed by atoms with Gasteiger partial charge < -0.3 is 9.84 Å². The lowest BCUT2D eigenvalue weighted by Crippen LogP contribution is -2.16. The summed E-state index contributed by atoms with van der Waals surface area (Å²) >= 11 is 6.18. The molecule has 1 aliphatic rings. The van der Waals surface area contributed by atoms with Crippen LogP contribution >= 0.6 is 11.6 Å². The first-order valence-electron chi connectivity index (χ1n) is 8.59. The second kappa shape index (κ2) is 7.64. The fourth-order valence-electron chi connectivity index (χ4n) is 2.92. The van der Waals surface area contributed by atoms with E-state index in [1.54, 1.807) is 18.2 Å². The number of fused-ring (bicyclic) bond motifs is 1. The highest BCUT2D eigenvalue weighted by molar-refractivity contribution is 6.32. The van der Waals surface area contributed by atoms with E-state index in [-0.39, 0.29) is 12.4 Å². The number of phenolic OH excluding ortho intramolecular Hbond substituents is 1. The molecule has 134 valence electrons. The molecule has 0 bridgehead atoms. The van der Waals surface area contributed by atoms with E-state index in [4.69, 9.17) is 26.3 Å². The number of aliphatic imine (C=N–C) groups is 2. The first-order valence-corrected chi connectivity index (χ1v) is 8.97. The number of halogens is 1. The molecule has 0 atom stereocenters. The molecule has 0 unspecified atom stereocenters. The van der Waals surface area contributed by atoms with Crippen molar-refractivity contribution in [1.82, 2.24) is 0 Å². The van der Waals surface area contributed by atoms with E-state index in [0.717, 1.165) is 22.8 Å². The van der Waals surface area contributed by atoms with Gasteiger partial charge in [-0.1, -0.05) is 48.0 Å². The number of para-hydroxylation sites is 4. The van der Waals surface area contributed by atoms with E-state index in [2.05, 4.69) is 0 Å². The fourth-order valence-corrected chi connectivity index (χ4v) is 3.11. The van der Waals surface area contributed by atoms with Gasteiger partial charge in [0.1, 0.15) is 18.1 Å². The summed E-state index contributed by atoms with van der Waals surface area (Å²) < 4.78 is 5.88. The van der Waals surface area contributed by atoms with E-state index >= 15 is 0 Å². The average molecular weight is 377 g/mol. The number of rotatable bonds is 4. The molecule has 0 saturated heterocycles. The highest BCUT2D eigenvalue weighted by Gasteiger charge is 2.17. The summed E-state index contributed by atoms with van der Waals surface area (Å²) in [5, 5.41) is 10.8. The van der Waals surface area contributed by atoms with Crippen LogP contribution in [0.4, 0.5) is 11.4 Å².